The maximum atomic E-state index is 13.0. The fraction of sp³-hybridized carbons (Fsp3) is 0.474. The Labute approximate surface area is 151 Å². The van der Waals surface area contributed by atoms with Gasteiger partial charge in [0.25, 0.3) is 0 Å². The van der Waals surface area contributed by atoms with Gasteiger partial charge in [-0.25, -0.2) is 4.39 Å². The van der Waals surface area contributed by atoms with Crippen LogP contribution >= 0.6 is 11.8 Å². The van der Waals surface area contributed by atoms with Gasteiger partial charge in [0.1, 0.15) is 12.4 Å². The minimum atomic E-state index is -0.254. The van der Waals surface area contributed by atoms with Crippen molar-refractivity contribution < 1.29 is 9.18 Å². The Morgan fingerprint density at radius 3 is 2.52 bits per heavy atom. The SMILES string of the molecule is CSC1CC2CCC(C1)N2C(=O)Cn1cc(-c2ccc(F)cc2)cn1. The molecule has 1 aromatic heterocycles. The molecule has 0 N–H and O–H groups in total. The van der Waals surface area contributed by atoms with Gasteiger partial charge in [0, 0.05) is 29.1 Å². The van der Waals surface area contributed by atoms with E-state index >= 15 is 0 Å². The molecular formula is C19H22FN3OS. The summed E-state index contributed by atoms with van der Waals surface area (Å²) in [5.41, 5.74) is 1.80. The van der Waals surface area contributed by atoms with E-state index in [1.165, 1.54) is 12.1 Å². The molecule has 0 saturated carbocycles. The average Bonchev–Trinajstić information content (AvgIpc) is 3.17. The second-order valence-electron chi connectivity index (χ2n) is 6.95. The second-order valence-corrected chi connectivity index (χ2v) is 8.09. The molecule has 2 saturated heterocycles. The summed E-state index contributed by atoms with van der Waals surface area (Å²) in [6.07, 6.45) is 10.3. The van der Waals surface area contributed by atoms with Crippen molar-refractivity contribution in [2.45, 2.75) is 49.6 Å². The molecule has 2 bridgehead atoms. The van der Waals surface area contributed by atoms with Crippen LogP contribution in [0.5, 0.6) is 0 Å². The Hall–Kier alpha value is -1.82. The van der Waals surface area contributed by atoms with E-state index in [1.54, 1.807) is 23.0 Å². The minimum absolute atomic E-state index is 0.167. The molecule has 1 amide bonds. The Bertz CT molecular complexity index is 746. The lowest BCUT2D eigenvalue weighted by Gasteiger charge is -2.38. The van der Waals surface area contributed by atoms with Gasteiger partial charge in [-0.3, -0.25) is 9.48 Å². The van der Waals surface area contributed by atoms with Crippen molar-refractivity contribution in [2.24, 2.45) is 0 Å². The van der Waals surface area contributed by atoms with Gasteiger partial charge < -0.3 is 4.90 Å². The van der Waals surface area contributed by atoms with Crippen molar-refractivity contribution in [3.8, 4) is 11.1 Å². The molecule has 1 aromatic carbocycles. The number of hydrogen-bond donors (Lipinski definition) is 0. The fourth-order valence-corrected chi connectivity index (χ4v) is 5.02. The molecule has 0 aliphatic carbocycles. The number of carbonyl (C=O) groups excluding carboxylic acids is 1. The first-order chi connectivity index (χ1) is 12.1. The van der Waals surface area contributed by atoms with Crippen molar-refractivity contribution in [1.29, 1.82) is 0 Å². The Kier molecular flexibility index (Phi) is 4.54. The third-order valence-corrected chi connectivity index (χ3v) is 6.47. The number of nitrogens with zero attached hydrogens (tertiary/aromatic N) is 3. The maximum Gasteiger partial charge on any atom is 0.244 e. The molecule has 4 nitrogen and oxygen atoms in total. The highest BCUT2D eigenvalue weighted by molar-refractivity contribution is 7.99. The van der Waals surface area contributed by atoms with E-state index in [2.05, 4.69) is 16.3 Å². The van der Waals surface area contributed by atoms with Crippen LogP contribution in [0.4, 0.5) is 4.39 Å². The first-order valence-corrected chi connectivity index (χ1v) is 10.0. The van der Waals surface area contributed by atoms with Crippen molar-refractivity contribution in [3.05, 3.63) is 42.5 Å². The third kappa shape index (κ3) is 3.32. The summed E-state index contributed by atoms with van der Waals surface area (Å²) in [4.78, 5) is 14.9. The largest absolute Gasteiger partial charge is 0.335 e. The summed E-state index contributed by atoms with van der Waals surface area (Å²) in [7, 11) is 0. The number of carbonyl (C=O) groups is 1. The van der Waals surface area contributed by atoms with Crippen molar-refractivity contribution in [1.82, 2.24) is 14.7 Å². The number of amides is 1. The fourth-order valence-electron chi connectivity index (χ4n) is 4.19. The van der Waals surface area contributed by atoms with E-state index in [9.17, 15) is 9.18 Å². The number of hydrogen-bond acceptors (Lipinski definition) is 3. The van der Waals surface area contributed by atoms with Gasteiger partial charge in [0.05, 0.1) is 6.20 Å². The van der Waals surface area contributed by atoms with Crippen LogP contribution < -0.4 is 0 Å². The smallest absolute Gasteiger partial charge is 0.244 e. The second kappa shape index (κ2) is 6.83. The Morgan fingerprint density at radius 1 is 1.20 bits per heavy atom. The molecule has 6 heteroatoms. The van der Waals surface area contributed by atoms with Gasteiger partial charge in [-0.1, -0.05) is 12.1 Å². The molecule has 0 spiro atoms. The normalized spacial score (nSPS) is 25.4. The highest BCUT2D eigenvalue weighted by Crippen LogP contribution is 2.39. The molecule has 2 atom stereocenters. The third-order valence-electron chi connectivity index (χ3n) is 5.42. The van der Waals surface area contributed by atoms with E-state index in [0.717, 1.165) is 36.8 Å². The summed E-state index contributed by atoms with van der Waals surface area (Å²) in [5, 5.41) is 5.01. The van der Waals surface area contributed by atoms with Crippen LogP contribution in [0.3, 0.4) is 0 Å². The number of rotatable bonds is 4. The summed E-state index contributed by atoms with van der Waals surface area (Å²) < 4.78 is 14.7. The van der Waals surface area contributed by atoms with Crippen molar-refractivity contribution >= 4 is 17.7 Å². The predicted molar refractivity (Wildman–Crippen MR) is 97.8 cm³/mol. The lowest BCUT2D eigenvalue weighted by molar-refractivity contribution is -0.136. The summed E-state index contributed by atoms with van der Waals surface area (Å²) in [6, 6.07) is 7.13. The van der Waals surface area contributed by atoms with E-state index < -0.39 is 0 Å². The molecule has 4 rings (SSSR count). The molecular weight excluding hydrogens is 337 g/mol. The number of aromatic nitrogens is 2. The first kappa shape index (κ1) is 16.6. The number of fused-ring (bicyclic) bond motifs is 2. The molecule has 0 radical (unpaired) electrons. The summed E-state index contributed by atoms with van der Waals surface area (Å²) in [6.45, 7) is 0.276. The molecule has 2 aliphatic heterocycles. The van der Waals surface area contributed by atoms with E-state index in [4.69, 9.17) is 0 Å². The first-order valence-electron chi connectivity index (χ1n) is 8.76. The van der Waals surface area contributed by atoms with Gasteiger partial charge in [-0.05, 0) is 49.6 Å². The number of halogens is 1. The van der Waals surface area contributed by atoms with Gasteiger partial charge in [-0.15, -0.1) is 0 Å². The van der Waals surface area contributed by atoms with Crippen LogP contribution in [0.2, 0.25) is 0 Å². The van der Waals surface area contributed by atoms with Crippen LogP contribution in [0, 0.1) is 5.82 Å². The highest BCUT2D eigenvalue weighted by atomic mass is 32.2. The standard InChI is InChI=1S/C19H22FN3OS/c1-25-18-8-16-6-7-17(9-18)23(16)19(24)12-22-11-14(10-21-22)13-2-4-15(20)5-3-13/h2-5,10-11,16-18H,6-9,12H2,1H3. The van der Waals surface area contributed by atoms with Crippen LogP contribution in [0.25, 0.3) is 11.1 Å². The zero-order valence-electron chi connectivity index (χ0n) is 14.3. The molecule has 3 heterocycles. The predicted octanol–water partition coefficient (Wildman–Crippen LogP) is 3.57. The van der Waals surface area contributed by atoms with E-state index in [0.29, 0.717) is 17.3 Å². The lowest BCUT2D eigenvalue weighted by Crippen LogP contribution is -2.48. The number of piperidine rings is 1. The topological polar surface area (TPSA) is 38.1 Å². The molecule has 2 aliphatic rings. The molecule has 2 aromatic rings. The van der Waals surface area contributed by atoms with Crippen LogP contribution in [-0.2, 0) is 11.3 Å². The van der Waals surface area contributed by atoms with Crippen LogP contribution in [0.15, 0.2) is 36.7 Å². The quantitative estimate of drug-likeness (QED) is 0.838. The molecule has 2 fully saturated rings. The van der Waals surface area contributed by atoms with Crippen LogP contribution in [-0.4, -0.2) is 44.2 Å². The monoisotopic (exact) mass is 359 g/mol. The van der Waals surface area contributed by atoms with Gasteiger partial charge in [0.15, 0.2) is 0 Å². The van der Waals surface area contributed by atoms with Crippen molar-refractivity contribution in [2.75, 3.05) is 6.26 Å². The van der Waals surface area contributed by atoms with Gasteiger partial charge in [0.2, 0.25) is 5.91 Å². The van der Waals surface area contributed by atoms with Gasteiger partial charge >= 0.3 is 0 Å². The van der Waals surface area contributed by atoms with Gasteiger partial charge in [-0.2, -0.15) is 16.9 Å². The van der Waals surface area contributed by atoms with E-state index in [1.807, 2.05) is 18.0 Å². The van der Waals surface area contributed by atoms with Crippen molar-refractivity contribution in [3.63, 3.8) is 0 Å². The van der Waals surface area contributed by atoms with Crippen LogP contribution in [0.1, 0.15) is 25.7 Å². The molecule has 25 heavy (non-hydrogen) atoms. The average molecular weight is 359 g/mol. The minimum Gasteiger partial charge on any atom is -0.335 e. The maximum absolute atomic E-state index is 13.0. The number of benzene rings is 1. The summed E-state index contributed by atoms with van der Waals surface area (Å²) >= 11 is 1.93. The zero-order valence-corrected chi connectivity index (χ0v) is 15.1. The lowest BCUT2D eigenvalue weighted by atomic mass is 10.0. The molecule has 132 valence electrons. The zero-order chi connectivity index (χ0) is 17.4. The van der Waals surface area contributed by atoms with E-state index in [-0.39, 0.29) is 18.3 Å². The Morgan fingerprint density at radius 2 is 1.88 bits per heavy atom. The summed E-state index contributed by atoms with van der Waals surface area (Å²) in [5.74, 6) is -0.0868. The Balaban J connectivity index is 1.44. The molecule has 2 unspecified atom stereocenters. The highest BCUT2D eigenvalue weighted by Gasteiger charge is 2.42. The number of thioether (sulfide) groups is 1.